The van der Waals surface area contributed by atoms with Crippen molar-refractivity contribution in [1.82, 2.24) is 9.88 Å². The van der Waals surface area contributed by atoms with Crippen LogP contribution in [0.15, 0.2) is 47.5 Å². The number of thioether (sulfide) groups is 1. The Morgan fingerprint density at radius 1 is 1.17 bits per heavy atom. The summed E-state index contributed by atoms with van der Waals surface area (Å²) in [5.74, 6) is 0.668. The van der Waals surface area contributed by atoms with Gasteiger partial charge in [-0.25, -0.2) is 4.98 Å². The fourth-order valence-corrected chi connectivity index (χ4v) is 4.03. The predicted octanol–water partition coefficient (Wildman–Crippen LogP) is 3.79. The van der Waals surface area contributed by atoms with Crippen molar-refractivity contribution < 1.29 is 9.59 Å². The molecule has 1 aliphatic heterocycles. The van der Waals surface area contributed by atoms with Gasteiger partial charge in [-0.15, -0.1) is 11.8 Å². The van der Waals surface area contributed by atoms with Crippen LogP contribution in [0.1, 0.15) is 24.8 Å². The van der Waals surface area contributed by atoms with Crippen LogP contribution in [-0.2, 0) is 9.59 Å². The van der Waals surface area contributed by atoms with Gasteiger partial charge in [0.2, 0.25) is 11.8 Å². The Bertz CT molecular complexity index is 850. The molecule has 1 aromatic carbocycles. The Labute approximate surface area is 176 Å². The van der Waals surface area contributed by atoms with Crippen molar-refractivity contribution >= 4 is 35.1 Å². The third-order valence-corrected chi connectivity index (χ3v) is 5.96. The van der Waals surface area contributed by atoms with Crippen molar-refractivity contribution in [2.75, 3.05) is 36.5 Å². The first-order chi connectivity index (χ1) is 14.0. The average Bonchev–Trinajstić information content (AvgIpc) is 2.73. The Morgan fingerprint density at radius 3 is 2.66 bits per heavy atom. The standard InChI is InChI=1S/C22H28N4O2S/c1-16-7-11-23-20(15-16)25-22(28)17-8-12-26(13-9-17)14-10-21(27)24-18-5-3-4-6-19(18)29-2/h3-7,11,15,17H,8-10,12-14H2,1-2H3,(H,24,27)(H,23,25,28). The molecule has 1 fully saturated rings. The van der Waals surface area contributed by atoms with Crippen LogP contribution in [0.25, 0.3) is 0 Å². The van der Waals surface area contributed by atoms with Crippen LogP contribution in [0, 0.1) is 12.8 Å². The lowest BCUT2D eigenvalue weighted by Crippen LogP contribution is -2.39. The van der Waals surface area contributed by atoms with Gasteiger partial charge in [0.1, 0.15) is 5.82 Å². The molecule has 0 bridgehead atoms. The largest absolute Gasteiger partial charge is 0.325 e. The van der Waals surface area contributed by atoms with Crippen LogP contribution >= 0.6 is 11.8 Å². The number of aryl methyl sites for hydroxylation is 1. The second-order valence-electron chi connectivity index (χ2n) is 7.32. The molecule has 3 rings (SSSR count). The third-order valence-electron chi connectivity index (χ3n) is 5.16. The van der Waals surface area contributed by atoms with E-state index in [4.69, 9.17) is 0 Å². The number of piperidine rings is 1. The summed E-state index contributed by atoms with van der Waals surface area (Å²) in [6.07, 6.45) is 5.76. The highest BCUT2D eigenvalue weighted by Gasteiger charge is 2.25. The van der Waals surface area contributed by atoms with Crippen molar-refractivity contribution in [2.45, 2.75) is 31.1 Å². The molecule has 2 aromatic rings. The number of nitrogens with one attached hydrogen (secondary N) is 2. The number of benzene rings is 1. The summed E-state index contributed by atoms with van der Waals surface area (Å²) < 4.78 is 0. The second-order valence-corrected chi connectivity index (χ2v) is 8.17. The van der Waals surface area contributed by atoms with Crippen LogP contribution in [0.2, 0.25) is 0 Å². The zero-order chi connectivity index (χ0) is 20.6. The summed E-state index contributed by atoms with van der Waals surface area (Å²) in [5, 5.41) is 5.92. The summed E-state index contributed by atoms with van der Waals surface area (Å²) in [7, 11) is 0. The Kier molecular flexibility index (Phi) is 7.66. The Balaban J connectivity index is 1.40. The molecule has 6 nitrogen and oxygen atoms in total. The number of nitrogens with zero attached hydrogens (tertiary/aromatic N) is 2. The van der Waals surface area contributed by atoms with Crippen LogP contribution in [0.3, 0.4) is 0 Å². The van der Waals surface area contributed by atoms with Crippen LogP contribution in [-0.4, -0.2) is 47.6 Å². The molecule has 2 amide bonds. The van der Waals surface area contributed by atoms with E-state index in [-0.39, 0.29) is 17.7 Å². The molecule has 1 aromatic heterocycles. The van der Waals surface area contributed by atoms with E-state index < -0.39 is 0 Å². The van der Waals surface area contributed by atoms with E-state index >= 15 is 0 Å². The van der Waals surface area contributed by atoms with E-state index in [1.165, 1.54) is 0 Å². The molecular weight excluding hydrogens is 384 g/mol. The molecular formula is C22H28N4O2S. The van der Waals surface area contributed by atoms with Gasteiger partial charge in [0.25, 0.3) is 0 Å². The summed E-state index contributed by atoms with van der Waals surface area (Å²) in [4.78, 5) is 32.3. The van der Waals surface area contributed by atoms with E-state index in [0.29, 0.717) is 18.8 Å². The topological polar surface area (TPSA) is 74.3 Å². The van der Waals surface area contributed by atoms with Gasteiger partial charge in [0.15, 0.2) is 0 Å². The van der Waals surface area contributed by atoms with E-state index in [1.807, 2.05) is 49.6 Å². The van der Waals surface area contributed by atoms with Gasteiger partial charge in [-0.2, -0.15) is 0 Å². The Hall–Kier alpha value is -2.38. The van der Waals surface area contributed by atoms with E-state index in [9.17, 15) is 9.59 Å². The quantitative estimate of drug-likeness (QED) is 0.677. The minimum Gasteiger partial charge on any atom is -0.325 e. The van der Waals surface area contributed by atoms with E-state index in [0.717, 1.165) is 42.1 Å². The minimum atomic E-state index is -0.00385. The predicted molar refractivity (Wildman–Crippen MR) is 118 cm³/mol. The molecule has 0 saturated carbocycles. The summed E-state index contributed by atoms with van der Waals surface area (Å²) in [6.45, 7) is 4.34. The van der Waals surface area contributed by atoms with Crippen molar-refractivity contribution in [2.24, 2.45) is 5.92 Å². The lowest BCUT2D eigenvalue weighted by atomic mass is 9.96. The molecule has 7 heteroatoms. The number of likely N-dealkylation sites (tertiary alicyclic amines) is 1. The second kappa shape index (κ2) is 10.4. The lowest BCUT2D eigenvalue weighted by Gasteiger charge is -2.31. The van der Waals surface area contributed by atoms with E-state index in [1.54, 1.807) is 18.0 Å². The number of rotatable bonds is 7. The highest BCUT2D eigenvalue weighted by Crippen LogP contribution is 2.25. The number of amides is 2. The average molecular weight is 413 g/mol. The molecule has 0 atom stereocenters. The van der Waals surface area contributed by atoms with Crippen LogP contribution in [0.4, 0.5) is 11.5 Å². The van der Waals surface area contributed by atoms with Gasteiger partial charge in [-0.1, -0.05) is 12.1 Å². The third kappa shape index (κ3) is 6.30. The number of carbonyl (C=O) groups excluding carboxylic acids is 2. The minimum absolute atomic E-state index is 0.00385. The maximum Gasteiger partial charge on any atom is 0.228 e. The molecule has 1 saturated heterocycles. The van der Waals surface area contributed by atoms with Gasteiger partial charge in [-0.3, -0.25) is 9.59 Å². The van der Waals surface area contributed by atoms with Gasteiger partial charge < -0.3 is 15.5 Å². The summed E-state index contributed by atoms with van der Waals surface area (Å²) >= 11 is 1.62. The normalized spacial score (nSPS) is 15.1. The van der Waals surface area contributed by atoms with Crippen LogP contribution < -0.4 is 10.6 Å². The maximum atomic E-state index is 12.5. The highest BCUT2D eigenvalue weighted by molar-refractivity contribution is 7.98. The number of pyridine rings is 1. The lowest BCUT2D eigenvalue weighted by molar-refractivity contribution is -0.121. The maximum absolute atomic E-state index is 12.5. The van der Waals surface area contributed by atoms with Gasteiger partial charge in [0.05, 0.1) is 5.69 Å². The number of para-hydroxylation sites is 1. The highest BCUT2D eigenvalue weighted by atomic mass is 32.2. The van der Waals surface area contributed by atoms with E-state index in [2.05, 4.69) is 20.5 Å². The zero-order valence-electron chi connectivity index (χ0n) is 17.0. The van der Waals surface area contributed by atoms with Crippen molar-refractivity contribution in [3.8, 4) is 0 Å². The first-order valence-electron chi connectivity index (χ1n) is 9.94. The van der Waals surface area contributed by atoms with Gasteiger partial charge in [-0.05, 0) is 68.9 Å². The summed E-state index contributed by atoms with van der Waals surface area (Å²) in [5.41, 5.74) is 1.94. The molecule has 2 N–H and O–H groups in total. The number of carbonyl (C=O) groups is 2. The molecule has 0 unspecified atom stereocenters. The molecule has 29 heavy (non-hydrogen) atoms. The number of anilines is 2. The monoisotopic (exact) mass is 412 g/mol. The number of hydrogen-bond donors (Lipinski definition) is 2. The molecule has 2 heterocycles. The smallest absolute Gasteiger partial charge is 0.228 e. The SMILES string of the molecule is CSc1ccccc1NC(=O)CCN1CCC(C(=O)Nc2cc(C)ccn2)CC1. The van der Waals surface area contributed by atoms with Crippen LogP contribution in [0.5, 0.6) is 0 Å². The Morgan fingerprint density at radius 2 is 1.93 bits per heavy atom. The fourth-order valence-electron chi connectivity index (χ4n) is 3.47. The molecule has 1 aliphatic rings. The zero-order valence-corrected chi connectivity index (χ0v) is 17.8. The van der Waals surface area contributed by atoms with Gasteiger partial charge in [0, 0.05) is 30.0 Å². The number of hydrogen-bond acceptors (Lipinski definition) is 5. The first kappa shape index (κ1) is 21.3. The van der Waals surface area contributed by atoms with Gasteiger partial charge >= 0.3 is 0 Å². The molecule has 0 aliphatic carbocycles. The molecule has 0 spiro atoms. The van der Waals surface area contributed by atoms with Crippen molar-refractivity contribution in [3.05, 3.63) is 48.2 Å². The molecule has 154 valence electrons. The van der Waals surface area contributed by atoms with Crippen molar-refractivity contribution in [3.63, 3.8) is 0 Å². The number of aromatic nitrogens is 1. The fraction of sp³-hybridized carbons (Fsp3) is 0.409. The summed E-state index contributed by atoms with van der Waals surface area (Å²) in [6, 6.07) is 11.6. The molecule has 0 radical (unpaired) electrons. The van der Waals surface area contributed by atoms with Crippen molar-refractivity contribution in [1.29, 1.82) is 0 Å². The first-order valence-corrected chi connectivity index (χ1v) is 11.2.